The van der Waals surface area contributed by atoms with Gasteiger partial charge in [-0.05, 0) is 61.2 Å². The van der Waals surface area contributed by atoms with E-state index in [1.165, 1.54) is 6.26 Å². The van der Waals surface area contributed by atoms with Crippen LogP contribution in [0.25, 0.3) is 11.0 Å². The number of carbonyl (C=O) groups excluding carboxylic acids is 1. The van der Waals surface area contributed by atoms with Crippen molar-refractivity contribution in [3.63, 3.8) is 0 Å². The van der Waals surface area contributed by atoms with Gasteiger partial charge in [-0.2, -0.15) is 0 Å². The number of nitrogens with one attached hydrogen (secondary N) is 1. The molecule has 0 unspecified atom stereocenters. The van der Waals surface area contributed by atoms with Crippen molar-refractivity contribution in [3.05, 3.63) is 90.7 Å². The van der Waals surface area contributed by atoms with E-state index in [4.69, 9.17) is 18.9 Å². The maximum atomic E-state index is 12.0. The Kier molecular flexibility index (Phi) is 8.81. The molecular weight excluding hydrogens is 454 g/mol. The average Bonchev–Trinajstić information content (AvgIpc) is 3.55. The van der Waals surface area contributed by atoms with Crippen LogP contribution in [0, 0.1) is 0 Å². The number of hydrogen-bond donors (Lipinski definition) is 1. The van der Waals surface area contributed by atoms with Gasteiger partial charge in [-0.1, -0.05) is 30.7 Å². The highest BCUT2D eigenvalue weighted by atomic mass is 16.5. The standard InChI is InChI=1S/C29H33N3O4/c1-3-10-22-15-16-25(27(21-22)34-2)36-20-18-32-24-12-7-6-11-23(24)31-28(32)14-5-4-8-17-30-29(33)26-13-9-19-35-26/h3,6-7,9,11-13,15-16,19,21H,1,4-5,8,10,14,17-18,20H2,2H3,(H,30,33). The Balaban J connectivity index is 1.31. The third-order valence-corrected chi connectivity index (χ3v) is 6.02. The maximum Gasteiger partial charge on any atom is 0.286 e. The fourth-order valence-electron chi connectivity index (χ4n) is 4.22. The van der Waals surface area contributed by atoms with Crippen LogP contribution in [0.2, 0.25) is 0 Å². The molecule has 0 atom stereocenters. The monoisotopic (exact) mass is 487 g/mol. The molecule has 2 aromatic heterocycles. The van der Waals surface area contributed by atoms with Crippen molar-refractivity contribution in [3.8, 4) is 11.5 Å². The molecule has 0 saturated heterocycles. The molecular formula is C29H33N3O4. The highest BCUT2D eigenvalue weighted by Gasteiger charge is 2.12. The number of amides is 1. The van der Waals surface area contributed by atoms with Crippen LogP contribution in [-0.4, -0.2) is 35.7 Å². The number of imidazole rings is 1. The normalized spacial score (nSPS) is 10.9. The van der Waals surface area contributed by atoms with Gasteiger partial charge >= 0.3 is 0 Å². The van der Waals surface area contributed by atoms with Crippen molar-refractivity contribution in [2.75, 3.05) is 20.3 Å². The lowest BCUT2D eigenvalue weighted by Crippen LogP contribution is -2.23. The molecule has 2 aromatic carbocycles. The number of allylic oxidation sites excluding steroid dienone is 1. The summed E-state index contributed by atoms with van der Waals surface area (Å²) >= 11 is 0. The first-order chi connectivity index (χ1) is 17.7. The lowest BCUT2D eigenvalue weighted by Gasteiger charge is -2.14. The van der Waals surface area contributed by atoms with E-state index >= 15 is 0 Å². The molecule has 7 heteroatoms. The molecule has 2 heterocycles. The van der Waals surface area contributed by atoms with Crippen LogP contribution in [0.15, 0.2) is 77.9 Å². The fraction of sp³-hybridized carbons (Fsp3) is 0.310. The van der Waals surface area contributed by atoms with E-state index in [0.717, 1.165) is 66.0 Å². The first kappa shape index (κ1) is 25.1. The van der Waals surface area contributed by atoms with Crippen molar-refractivity contribution in [1.29, 1.82) is 0 Å². The molecule has 0 aliphatic rings. The third-order valence-electron chi connectivity index (χ3n) is 6.02. The SMILES string of the molecule is C=CCc1ccc(OCCn2c(CCCCCNC(=O)c3ccco3)nc3ccccc32)c(OC)c1. The molecule has 0 spiro atoms. The summed E-state index contributed by atoms with van der Waals surface area (Å²) in [6.45, 7) is 5.61. The zero-order valence-corrected chi connectivity index (χ0v) is 20.7. The van der Waals surface area contributed by atoms with E-state index in [1.54, 1.807) is 19.2 Å². The Morgan fingerprint density at radius 1 is 1.11 bits per heavy atom. The molecule has 7 nitrogen and oxygen atoms in total. The van der Waals surface area contributed by atoms with E-state index < -0.39 is 0 Å². The number of furan rings is 1. The van der Waals surface area contributed by atoms with E-state index in [-0.39, 0.29) is 5.91 Å². The van der Waals surface area contributed by atoms with E-state index in [1.807, 2.05) is 42.5 Å². The first-order valence-electron chi connectivity index (χ1n) is 12.4. The summed E-state index contributed by atoms with van der Waals surface area (Å²) in [5, 5.41) is 2.89. The van der Waals surface area contributed by atoms with Gasteiger partial charge in [-0.25, -0.2) is 4.98 Å². The number of rotatable bonds is 14. The van der Waals surface area contributed by atoms with E-state index in [9.17, 15) is 4.79 Å². The van der Waals surface area contributed by atoms with E-state index in [0.29, 0.717) is 25.5 Å². The Bertz CT molecular complexity index is 1280. The van der Waals surface area contributed by atoms with Crippen molar-refractivity contribution < 1.29 is 18.7 Å². The minimum atomic E-state index is -0.172. The number of fused-ring (bicyclic) bond motifs is 1. The van der Waals surface area contributed by atoms with Crippen molar-refractivity contribution >= 4 is 16.9 Å². The molecule has 1 amide bonds. The van der Waals surface area contributed by atoms with Crippen LogP contribution in [0.3, 0.4) is 0 Å². The average molecular weight is 488 g/mol. The molecule has 188 valence electrons. The van der Waals surface area contributed by atoms with Gasteiger partial charge in [0.05, 0.1) is 31.0 Å². The summed E-state index contributed by atoms with van der Waals surface area (Å²) in [6.07, 6.45) is 7.90. The second kappa shape index (κ2) is 12.6. The van der Waals surface area contributed by atoms with Crippen molar-refractivity contribution in [2.45, 2.75) is 38.6 Å². The highest BCUT2D eigenvalue weighted by molar-refractivity contribution is 5.91. The molecule has 0 bridgehead atoms. The van der Waals surface area contributed by atoms with Gasteiger partial charge in [0.2, 0.25) is 0 Å². The first-order valence-corrected chi connectivity index (χ1v) is 12.4. The fourth-order valence-corrected chi connectivity index (χ4v) is 4.22. The van der Waals surface area contributed by atoms with Crippen LogP contribution in [0.5, 0.6) is 11.5 Å². The van der Waals surface area contributed by atoms with Crippen LogP contribution in [0.4, 0.5) is 0 Å². The smallest absolute Gasteiger partial charge is 0.286 e. The maximum absolute atomic E-state index is 12.0. The van der Waals surface area contributed by atoms with Gasteiger partial charge in [0, 0.05) is 13.0 Å². The van der Waals surface area contributed by atoms with Gasteiger partial charge in [0.1, 0.15) is 12.4 Å². The molecule has 0 aliphatic heterocycles. The molecule has 4 rings (SSSR count). The van der Waals surface area contributed by atoms with Crippen LogP contribution >= 0.6 is 0 Å². The zero-order valence-electron chi connectivity index (χ0n) is 20.7. The number of ether oxygens (including phenoxy) is 2. The van der Waals surface area contributed by atoms with Gasteiger partial charge in [0.15, 0.2) is 17.3 Å². The number of nitrogens with zero attached hydrogens (tertiary/aromatic N) is 2. The summed E-state index contributed by atoms with van der Waals surface area (Å²) in [5.74, 6) is 2.68. The summed E-state index contributed by atoms with van der Waals surface area (Å²) in [7, 11) is 1.66. The summed E-state index contributed by atoms with van der Waals surface area (Å²) < 4.78 is 19.0. The second-order valence-corrected chi connectivity index (χ2v) is 8.54. The topological polar surface area (TPSA) is 78.5 Å². The number of carbonyl (C=O) groups is 1. The summed E-state index contributed by atoms with van der Waals surface area (Å²) in [4.78, 5) is 16.8. The predicted molar refractivity (Wildman–Crippen MR) is 141 cm³/mol. The molecule has 4 aromatic rings. The van der Waals surface area contributed by atoms with Crippen LogP contribution in [0.1, 0.15) is 41.2 Å². The number of aromatic nitrogens is 2. The number of hydrogen-bond acceptors (Lipinski definition) is 5. The van der Waals surface area contributed by atoms with Gasteiger partial charge in [-0.3, -0.25) is 4.79 Å². The van der Waals surface area contributed by atoms with Gasteiger partial charge < -0.3 is 23.8 Å². The van der Waals surface area contributed by atoms with Crippen LogP contribution < -0.4 is 14.8 Å². The van der Waals surface area contributed by atoms with Crippen molar-refractivity contribution in [2.24, 2.45) is 0 Å². The Hall–Kier alpha value is -4.00. The quantitative estimate of drug-likeness (QED) is 0.185. The Labute approximate surface area is 211 Å². The minimum absolute atomic E-state index is 0.172. The number of aryl methyl sites for hydroxylation is 1. The molecule has 1 N–H and O–H groups in total. The predicted octanol–water partition coefficient (Wildman–Crippen LogP) is 5.59. The van der Waals surface area contributed by atoms with Crippen molar-refractivity contribution in [1.82, 2.24) is 14.9 Å². The number of benzene rings is 2. The van der Waals surface area contributed by atoms with Gasteiger partial charge in [0.25, 0.3) is 5.91 Å². The number of methoxy groups -OCH3 is 1. The molecule has 36 heavy (non-hydrogen) atoms. The lowest BCUT2D eigenvalue weighted by molar-refractivity contribution is 0.0925. The van der Waals surface area contributed by atoms with E-state index in [2.05, 4.69) is 22.5 Å². The Morgan fingerprint density at radius 3 is 2.81 bits per heavy atom. The molecule has 0 fully saturated rings. The molecule has 0 radical (unpaired) electrons. The summed E-state index contributed by atoms with van der Waals surface area (Å²) in [6, 6.07) is 17.5. The largest absolute Gasteiger partial charge is 0.493 e. The summed E-state index contributed by atoms with van der Waals surface area (Å²) in [5.41, 5.74) is 3.23. The number of unbranched alkanes of at least 4 members (excludes halogenated alkanes) is 2. The lowest BCUT2D eigenvalue weighted by atomic mass is 10.1. The molecule has 0 aliphatic carbocycles. The Morgan fingerprint density at radius 2 is 2.00 bits per heavy atom. The second-order valence-electron chi connectivity index (χ2n) is 8.54. The number of para-hydroxylation sites is 2. The third kappa shape index (κ3) is 6.36. The highest BCUT2D eigenvalue weighted by Crippen LogP contribution is 2.28. The van der Waals surface area contributed by atoms with Gasteiger partial charge in [-0.15, -0.1) is 6.58 Å². The zero-order chi connectivity index (χ0) is 25.2. The minimum Gasteiger partial charge on any atom is -0.493 e. The van der Waals surface area contributed by atoms with Crippen LogP contribution in [-0.2, 0) is 19.4 Å². The molecule has 0 saturated carbocycles.